The van der Waals surface area contributed by atoms with Crippen molar-refractivity contribution in [3.05, 3.63) is 40.3 Å². The van der Waals surface area contributed by atoms with E-state index in [1.54, 1.807) is 4.68 Å². The molecule has 29 heavy (non-hydrogen) atoms. The Bertz CT molecular complexity index is 1190. The lowest BCUT2D eigenvalue weighted by Gasteiger charge is -2.10. The second-order valence-electron chi connectivity index (χ2n) is 7.52. The number of hydrogen-bond acceptors (Lipinski definition) is 5. The zero-order valence-electron chi connectivity index (χ0n) is 15.7. The molecule has 3 aromatic rings. The van der Waals surface area contributed by atoms with E-state index in [4.69, 9.17) is 23.1 Å². The molecule has 1 saturated heterocycles. The third kappa shape index (κ3) is 3.12. The molecule has 8 nitrogen and oxygen atoms in total. The van der Waals surface area contributed by atoms with Gasteiger partial charge in [0, 0.05) is 18.2 Å². The number of amides is 1. The van der Waals surface area contributed by atoms with Gasteiger partial charge in [-0.05, 0) is 43.9 Å². The zero-order valence-corrected chi connectivity index (χ0v) is 16.4. The molecular formula is C20H20ClN7O. The van der Waals surface area contributed by atoms with Gasteiger partial charge in [0.15, 0.2) is 5.69 Å². The first-order chi connectivity index (χ1) is 14.0. The fourth-order valence-electron chi connectivity index (χ4n) is 3.82. The molecule has 2 aliphatic rings. The van der Waals surface area contributed by atoms with Crippen molar-refractivity contribution in [3.63, 3.8) is 0 Å². The molecule has 5 N–H and O–H groups in total. The molecule has 1 unspecified atom stereocenters. The van der Waals surface area contributed by atoms with E-state index < -0.39 is 5.91 Å². The van der Waals surface area contributed by atoms with Crippen molar-refractivity contribution in [2.75, 3.05) is 18.8 Å². The Morgan fingerprint density at radius 1 is 1.24 bits per heavy atom. The Morgan fingerprint density at radius 2 is 2.07 bits per heavy atom. The van der Waals surface area contributed by atoms with E-state index in [0.717, 1.165) is 30.5 Å². The summed E-state index contributed by atoms with van der Waals surface area (Å²) in [6, 6.07) is 4.34. The molecule has 1 atom stereocenters. The number of hydrogen-bond donors (Lipinski definition) is 3. The van der Waals surface area contributed by atoms with Crippen LogP contribution in [0.2, 0.25) is 5.02 Å². The maximum absolute atomic E-state index is 12.0. The molecule has 9 heteroatoms. The van der Waals surface area contributed by atoms with Crippen LogP contribution in [0.3, 0.4) is 0 Å². The van der Waals surface area contributed by atoms with Crippen molar-refractivity contribution in [3.8, 4) is 11.8 Å². The highest BCUT2D eigenvalue weighted by Crippen LogP contribution is 2.38. The number of anilines is 1. The largest absolute Gasteiger partial charge is 0.383 e. The fourth-order valence-corrected chi connectivity index (χ4v) is 4.02. The summed E-state index contributed by atoms with van der Waals surface area (Å²) in [5.74, 6) is 5.56. The first-order valence-corrected chi connectivity index (χ1v) is 9.97. The molecule has 1 aliphatic heterocycles. The van der Waals surface area contributed by atoms with Crippen molar-refractivity contribution in [2.45, 2.75) is 31.3 Å². The number of aromatic nitrogens is 4. The van der Waals surface area contributed by atoms with Crippen LogP contribution in [0, 0.1) is 11.8 Å². The number of imidazole rings is 1. The molecule has 1 aliphatic carbocycles. The third-order valence-corrected chi connectivity index (χ3v) is 5.81. The topological polar surface area (TPSA) is 117 Å². The second kappa shape index (κ2) is 6.79. The maximum Gasteiger partial charge on any atom is 0.255 e. The second-order valence-corrected chi connectivity index (χ2v) is 7.93. The van der Waals surface area contributed by atoms with Crippen LogP contribution in [0.4, 0.5) is 5.82 Å². The summed E-state index contributed by atoms with van der Waals surface area (Å²) in [6.45, 7) is 1.61. The van der Waals surface area contributed by atoms with Gasteiger partial charge in [-0.2, -0.15) is 5.10 Å². The number of halogens is 1. The van der Waals surface area contributed by atoms with E-state index in [0.29, 0.717) is 16.6 Å². The first kappa shape index (κ1) is 18.0. The van der Waals surface area contributed by atoms with Crippen LogP contribution in [-0.4, -0.2) is 38.3 Å². The third-order valence-electron chi connectivity index (χ3n) is 5.49. The number of benzene rings is 1. The predicted molar refractivity (Wildman–Crippen MR) is 111 cm³/mol. The minimum absolute atomic E-state index is 0.0787. The smallest absolute Gasteiger partial charge is 0.255 e. The lowest BCUT2D eigenvalue weighted by molar-refractivity contribution is 0.100. The minimum atomic E-state index is -0.645. The molecule has 0 bridgehead atoms. The number of primary amides is 1. The Kier molecular flexibility index (Phi) is 4.23. The van der Waals surface area contributed by atoms with E-state index >= 15 is 0 Å². The molecule has 5 rings (SSSR count). The first-order valence-electron chi connectivity index (χ1n) is 9.59. The number of rotatable bonds is 3. The number of nitrogens with zero attached hydrogens (tertiary/aromatic N) is 4. The summed E-state index contributed by atoms with van der Waals surface area (Å²) >= 11 is 6.47. The van der Waals surface area contributed by atoms with Gasteiger partial charge in [0.2, 0.25) is 0 Å². The molecule has 0 radical (unpaired) electrons. The van der Waals surface area contributed by atoms with Crippen molar-refractivity contribution >= 4 is 34.4 Å². The quantitative estimate of drug-likeness (QED) is 0.570. The fraction of sp³-hybridized carbons (Fsp3) is 0.350. The number of fused-ring (bicyclic) bond motifs is 1. The van der Waals surface area contributed by atoms with Crippen LogP contribution in [0.5, 0.6) is 0 Å². The van der Waals surface area contributed by atoms with Gasteiger partial charge in [0.1, 0.15) is 11.4 Å². The predicted octanol–water partition coefficient (Wildman–Crippen LogP) is 1.84. The lowest BCUT2D eigenvalue weighted by atomic mass is 10.1. The molecule has 0 spiro atoms. The number of nitrogen functional groups attached to an aromatic ring is 1. The van der Waals surface area contributed by atoms with Crippen molar-refractivity contribution in [1.82, 2.24) is 24.6 Å². The monoisotopic (exact) mass is 409 g/mol. The standard InChI is InChI=1S/C20H20ClN7O/c21-14-8-17-16(25-10-27(17)12-2-3-12)7-11(14)1-4-15-18(20(23)29)19(22)28(26-15)13-5-6-24-9-13/h7-8,10,12-13,24H,2-3,5-6,9,22H2,(H2,23,29). The molecule has 3 heterocycles. The highest BCUT2D eigenvalue weighted by Gasteiger charge is 2.26. The summed E-state index contributed by atoms with van der Waals surface area (Å²) in [5.41, 5.74) is 14.6. The SMILES string of the molecule is NC(=O)c1c(C#Cc2cc3ncn(C4CC4)c3cc2Cl)nn(C2CCNC2)c1N. The van der Waals surface area contributed by atoms with Gasteiger partial charge in [0.25, 0.3) is 5.91 Å². The number of nitrogens with two attached hydrogens (primary N) is 2. The summed E-state index contributed by atoms with van der Waals surface area (Å²) in [7, 11) is 0. The van der Waals surface area contributed by atoms with E-state index in [9.17, 15) is 4.79 Å². The molecule has 1 aromatic carbocycles. The van der Waals surface area contributed by atoms with Crippen molar-refractivity contribution in [2.24, 2.45) is 5.73 Å². The van der Waals surface area contributed by atoms with Crippen LogP contribution in [0.15, 0.2) is 18.5 Å². The van der Waals surface area contributed by atoms with E-state index in [1.807, 2.05) is 18.5 Å². The summed E-state index contributed by atoms with van der Waals surface area (Å²) in [4.78, 5) is 16.4. The number of carbonyl (C=O) groups is 1. The molecular weight excluding hydrogens is 390 g/mol. The van der Waals surface area contributed by atoms with Crippen LogP contribution in [0.1, 0.15) is 53.0 Å². The highest BCUT2D eigenvalue weighted by atomic mass is 35.5. The van der Waals surface area contributed by atoms with Gasteiger partial charge in [-0.25, -0.2) is 9.67 Å². The average molecular weight is 410 g/mol. The molecule has 148 valence electrons. The lowest BCUT2D eigenvalue weighted by Crippen LogP contribution is -2.18. The zero-order chi connectivity index (χ0) is 20.1. The van der Waals surface area contributed by atoms with Crippen LogP contribution in [-0.2, 0) is 0 Å². The van der Waals surface area contributed by atoms with Crippen molar-refractivity contribution in [1.29, 1.82) is 0 Å². The average Bonchev–Trinajstić information content (AvgIpc) is 3.10. The Labute approximate surface area is 172 Å². The van der Waals surface area contributed by atoms with Crippen LogP contribution < -0.4 is 16.8 Å². The molecule has 2 aromatic heterocycles. The molecule has 1 saturated carbocycles. The van der Waals surface area contributed by atoms with Gasteiger partial charge < -0.3 is 21.4 Å². The van der Waals surface area contributed by atoms with E-state index in [1.165, 1.54) is 12.8 Å². The summed E-state index contributed by atoms with van der Waals surface area (Å²) in [6.07, 6.45) is 5.06. The summed E-state index contributed by atoms with van der Waals surface area (Å²) < 4.78 is 3.80. The Balaban J connectivity index is 1.55. The normalized spacial score (nSPS) is 18.7. The summed E-state index contributed by atoms with van der Waals surface area (Å²) in [5, 5.41) is 8.26. The molecule has 2 fully saturated rings. The van der Waals surface area contributed by atoms with Crippen LogP contribution in [0.25, 0.3) is 11.0 Å². The highest BCUT2D eigenvalue weighted by molar-refractivity contribution is 6.32. The van der Waals surface area contributed by atoms with Gasteiger partial charge in [-0.3, -0.25) is 4.79 Å². The Morgan fingerprint density at radius 3 is 2.76 bits per heavy atom. The number of nitrogens with one attached hydrogen (secondary N) is 1. The van der Waals surface area contributed by atoms with E-state index in [2.05, 4.69) is 31.8 Å². The van der Waals surface area contributed by atoms with Crippen molar-refractivity contribution < 1.29 is 4.79 Å². The maximum atomic E-state index is 12.0. The Hall–Kier alpha value is -3.02. The number of carbonyl (C=O) groups excluding carboxylic acids is 1. The van der Waals surface area contributed by atoms with Gasteiger partial charge >= 0.3 is 0 Å². The molecule has 1 amide bonds. The van der Waals surface area contributed by atoms with Crippen LogP contribution >= 0.6 is 11.6 Å². The van der Waals surface area contributed by atoms with Gasteiger partial charge in [-0.15, -0.1) is 0 Å². The minimum Gasteiger partial charge on any atom is -0.383 e. The van der Waals surface area contributed by atoms with Gasteiger partial charge in [0.05, 0.1) is 28.4 Å². The van der Waals surface area contributed by atoms with E-state index in [-0.39, 0.29) is 23.1 Å². The van der Waals surface area contributed by atoms with Gasteiger partial charge in [-0.1, -0.05) is 17.5 Å².